The Kier molecular flexibility index (Phi) is 13.6. The highest BCUT2D eigenvalue weighted by atomic mass is 19.4. The third kappa shape index (κ3) is 9.77. The van der Waals surface area contributed by atoms with Gasteiger partial charge < -0.3 is 14.4 Å². The minimum absolute atomic E-state index is 0.0344. The van der Waals surface area contributed by atoms with Crippen molar-refractivity contribution in [3.05, 3.63) is 302 Å². The van der Waals surface area contributed by atoms with Gasteiger partial charge in [-0.25, -0.2) is 29.9 Å². The Morgan fingerprint density at radius 1 is 0.323 bits per heavy atom. The van der Waals surface area contributed by atoms with E-state index in [0.29, 0.717) is 62.0 Å². The number of halogens is 3. The zero-order valence-corrected chi connectivity index (χ0v) is 50.8. The number of benzene rings is 12. The van der Waals surface area contributed by atoms with Crippen LogP contribution in [-0.4, -0.2) is 41.2 Å². The fraction of sp³-hybridized carbons (Fsp3) is 0.0123. The highest BCUT2D eigenvalue weighted by Crippen LogP contribution is 2.48. The van der Waals surface area contributed by atoms with Gasteiger partial charge in [-0.2, -0.15) is 23.7 Å². The summed E-state index contributed by atoms with van der Waals surface area (Å²) < 4.78 is 48.3. The Labute approximate surface area is 549 Å². The summed E-state index contributed by atoms with van der Waals surface area (Å²) in [6, 6.07) is 95.4. The predicted molar refractivity (Wildman–Crippen MR) is 374 cm³/mol. The summed E-state index contributed by atoms with van der Waals surface area (Å²) in [4.78, 5) is 34.8. The Hall–Kier alpha value is -13.1. The van der Waals surface area contributed by atoms with E-state index in [2.05, 4.69) is 70.5 Å². The largest absolute Gasteiger partial charge is 0.416 e. The molecule has 2 aliphatic heterocycles. The summed E-state index contributed by atoms with van der Waals surface area (Å²) in [5.74, 6) is 1.92. The molecule has 0 fully saturated rings. The molecule has 0 amide bonds. The lowest BCUT2D eigenvalue weighted by Crippen LogP contribution is -2.61. The van der Waals surface area contributed by atoms with Crippen LogP contribution in [0, 0.1) is 22.7 Å². The molecule has 0 saturated heterocycles. The average molecular weight is 1240 g/mol. The lowest BCUT2D eigenvalue weighted by atomic mass is 9.33. The molecule has 5 heterocycles. The molecular weight excluding hydrogens is 1190 g/mol. The second-order valence-electron chi connectivity index (χ2n) is 23.6. The van der Waals surface area contributed by atoms with Crippen molar-refractivity contribution in [2.75, 3.05) is 9.80 Å². The zero-order valence-electron chi connectivity index (χ0n) is 50.8. The molecule has 15 heteroatoms. The number of hydrogen-bond acceptors (Lipinski definition) is 10. The molecule has 0 N–H and O–H groups in total. The van der Waals surface area contributed by atoms with Crippen molar-refractivity contribution in [2.45, 2.75) is 6.18 Å². The van der Waals surface area contributed by atoms with Crippen molar-refractivity contribution >= 4 is 79.0 Å². The van der Waals surface area contributed by atoms with E-state index in [4.69, 9.17) is 29.9 Å². The molecule has 0 saturated carbocycles. The first-order valence-corrected chi connectivity index (χ1v) is 31.1. The molecule has 450 valence electrons. The van der Waals surface area contributed by atoms with Crippen LogP contribution in [0.25, 0.3) is 107 Å². The van der Waals surface area contributed by atoms with Crippen molar-refractivity contribution < 1.29 is 13.2 Å². The van der Waals surface area contributed by atoms with Gasteiger partial charge in [0.25, 0.3) is 6.71 Å². The van der Waals surface area contributed by atoms with E-state index < -0.39 is 18.5 Å². The van der Waals surface area contributed by atoms with Crippen molar-refractivity contribution in [2.24, 2.45) is 0 Å². The molecule has 0 spiro atoms. The first-order valence-electron chi connectivity index (χ1n) is 31.1. The zero-order chi connectivity index (χ0) is 64.6. The molecular formula is C81H47BF3N11. The quantitative estimate of drug-likeness (QED) is 0.122. The van der Waals surface area contributed by atoms with Crippen molar-refractivity contribution in [3.8, 4) is 97.3 Å². The topological polar surface area (TPSA) is 136 Å². The maximum Gasteiger partial charge on any atom is 0.416 e. The molecule has 3 aromatic heterocycles. The van der Waals surface area contributed by atoms with Gasteiger partial charge in [0.1, 0.15) is 0 Å². The van der Waals surface area contributed by atoms with Gasteiger partial charge in [0.05, 0.1) is 45.5 Å². The summed E-state index contributed by atoms with van der Waals surface area (Å²) in [7, 11) is 0. The standard InChI is InChI=1S/C81H47BF3N11/c83-81(84,85)59-35-40-68(64(47-59)80-92-77(54-23-11-3-12-24-54)89-78(93-80)55-25-13-4-14-26-55)96-67-39-34-56(43-63(67)62-36-33-57(44-71(62)96)79-90-75(52-19-7-1-8-20-52)88-76(91-79)53-21-9-2-10-22-53)58-45-72-74-73(46-58)95(61-29-17-6-18-30-61)70-38-32-51(49-87)42-66(70)82(74)65-41-50(48-86)31-37-69(65)94(72)60-27-15-5-16-28-60/h1-47H. The number of rotatable bonds is 10. The Balaban J connectivity index is 0.945. The monoisotopic (exact) mass is 1240 g/mol. The molecule has 2 aliphatic rings. The number of nitriles is 2. The lowest BCUT2D eigenvalue weighted by Gasteiger charge is -2.44. The first-order chi connectivity index (χ1) is 47.1. The third-order valence-corrected chi connectivity index (χ3v) is 17.9. The van der Waals surface area contributed by atoms with Crippen LogP contribution in [0.3, 0.4) is 0 Å². The number of anilines is 6. The summed E-state index contributed by atoms with van der Waals surface area (Å²) in [5, 5.41) is 22.5. The Morgan fingerprint density at radius 2 is 0.740 bits per heavy atom. The fourth-order valence-electron chi connectivity index (χ4n) is 13.6. The molecule has 0 unspecified atom stereocenters. The third-order valence-electron chi connectivity index (χ3n) is 17.9. The van der Waals surface area contributed by atoms with Crippen LogP contribution in [0.5, 0.6) is 0 Å². The van der Waals surface area contributed by atoms with Crippen LogP contribution in [0.2, 0.25) is 0 Å². The van der Waals surface area contributed by atoms with Crippen LogP contribution < -0.4 is 26.2 Å². The number of nitrogens with zero attached hydrogens (tertiary/aromatic N) is 11. The number of aromatic nitrogens is 7. The molecule has 0 bridgehead atoms. The number of hydrogen-bond donors (Lipinski definition) is 0. The summed E-state index contributed by atoms with van der Waals surface area (Å²) in [6.45, 7) is -0.392. The summed E-state index contributed by atoms with van der Waals surface area (Å²) in [5.41, 5.74) is 15.4. The minimum Gasteiger partial charge on any atom is -0.311 e. The Bertz CT molecular complexity index is 5440. The molecule has 15 aromatic rings. The normalized spacial score (nSPS) is 12.2. The second-order valence-corrected chi connectivity index (χ2v) is 23.6. The molecule has 96 heavy (non-hydrogen) atoms. The van der Waals surface area contributed by atoms with Crippen LogP contribution in [-0.2, 0) is 6.18 Å². The van der Waals surface area contributed by atoms with Gasteiger partial charge in [-0.3, -0.25) is 0 Å². The summed E-state index contributed by atoms with van der Waals surface area (Å²) in [6.07, 6.45) is -4.75. The van der Waals surface area contributed by atoms with Crippen LogP contribution >= 0.6 is 0 Å². The molecule has 11 nitrogen and oxygen atoms in total. The highest BCUT2D eigenvalue weighted by molar-refractivity contribution is 7.00. The van der Waals surface area contributed by atoms with E-state index in [-0.39, 0.29) is 23.0 Å². The maximum absolute atomic E-state index is 15.4. The van der Waals surface area contributed by atoms with E-state index in [9.17, 15) is 10.5 Å². The van der Waals surface area contributed by atoms with Gasteiger partial charge in [0, 0.05) is 78.3 Å². The fourth-order valence-corrected chi connectivity index (χ4v) is 13.6. The van der Waals surface area contributed by atoms with Crippen molar-refractivity contribution in [1.29, 1.82) is 10.5 Å². The van der Waals surface area contributed by atoms with E-state index in [1.807, 2.05) is 223 Å². The lowest BCUT2D eigenvalue weighted by molar-refractivity contribution is -0.137. The van der Waals surface area contributed by atoms with Gasteiger partial charge in [0.2, 0.25) is 0 Å². The van der Waals surface area contributed by atoms with Gasteiger partial charge in [-0.1, -0.05) is 176 Å². The molecule has 12 aromatic carbocycles. The van der Waals surface area contributed by atoms with Crippen LogP contribution in [0.1, 0.15) is 16.7 Å². The second kappa shape index (κ2) is 22.9. The highest BCUT2D eigenvalue weighted by Gasteiger charge is 2.44. The number of fused-ring (bicyclic) bond motifs is 7. The predicted octanol–water partition coefficient (Wildman–Crippen LogP) is 17.7. The number of alkyl halides is 3. The molecule has 17 rings (SSSR count). The molecule has 0 aliphatic carbocycles. The SMILES string of the molecule is N#Cc1ccc2c(c1)B1c3cc(C#N)ccc3N(c3ccccc3)c3cc(-c4ccc5c(c4)c4ccc(-c6nc(-c7ccccc7)nc(-c7ccccc7)n6)cc4n5-c4ccc(C(F)(F)F)cc4-c4nc(-c5ccccc5)nc(-c5ccccc5)n4)cc(c31)N2c1ccccc1. The maximum atomic E-state index is 15.4. The van der Waals surface area contributed by atoms with E-state index in [0.717, 1.165) is 95.7 Å². The van der Waals surface area contributed by atoms with E-state index in [1.165, 1.54) is 6.07 Å². The minimum atomic E-state index is -4.75. The van der Waals surface area contributed by atoms with Gasteiger partial charge >= 0.3 is 6.18 Å². The van der Waals surface area contributed by atoms with E-state index >= 15 is 13.2 Å². The average Bonchev–Trinajstić information content (AvgIpc) is 0.965. The smallest absolute Gasteiger partial charge is 0.311 e. The molecule has 0 radical (unpaired) electrons. The van der Waals surface area contributed by atoms with E-state index in [1.54, 1.807) is 0 Å². The number of para-hydroxylation sites is 2. The van der Waals surface area contributed by atoms with Gasteiger partial charge in [-0.15, -0.1) is 0 Å². The molecule has 0 atom stereocenters. The van der Waals surface area contributed by atoms with Gasteiger partial charge in [0.15, 0.2) is 34.9 Å². The van der Waals surface area contributed by atoms with Crippen LogP contribution in [0.15, 0.2) is 285 Å². The van der Waals surface area contributed by atoms with Crippen LogP contribution in [0.4, 0.5) is 47.3 Å². The summed E-state index contributed by atoms with van der Waals surface area (Å²) >= 11 is 0. The van der Waals surface area contributed by atoms with Gasteiger partial charge in [-0.05, 0) is 137 Å². The van der Waals surface area contributed by atoms with Crippen molar-refractivity contribution in [1.82, 2.24) is 34.5 Å². The van der Waals surface area contributed by atoms with Crippen molar-refractivity contribution in [3.63, 3.8) is 0 Å². The Morgan fingerprint density at radius 3 is 1.19 bits per heavy atom. The first kappa shape index (κ1) is 56.8.